The average Bonchev–Trinajstić information content (AvgIpc) is 3.30. The van der Waals surface area contributed by atoms with Crippen LogP contribution < -0.4 is 0 Å². The molecule has 64 heavy (non-hydrogen) atoms. The van der Waals surface area contributed by atoms with Crippen LogP contribution in [0.25, 0.3) is 0 Å². The lowest BCUT2D eigenvalue weighted by Gasteiger charge is -2.39. The van der Waals surface area contributed by atoms with Crippen molar-refractivity contribution in [1.29, 1.82) is 0 Å². The molecule has 0 saturated carbocycles. The van der Waals surface area contributed by atoms with Gasteiger partial charge in [-0.2, -0.15) is 0 Å². The van der Waals surface area contributed by atoms with Gasteiger partial charge in [0, 0.05) is 13.0 Å². The molecule has 9 heteroatoms. The van der Waals surface area contributed by atoms with Gasteiger partial charge in [-0.05, 0) is 96.3 Å². The number of unbranched alkanes of at least 4 members (excludes halogenated alkanes) is 12. The molecule has 0 aliphatic carbocycles. The van der Waals surface area contributed by atoms with Gasteiger partial charge in [0.1, 0.15) is 30.5 Å². The molecule has 0 amide bonds. The summed E-state index contributed by atoms with van der Waals surface area (Å²) in [5.41, 5.74) is 0. The van der Waals surface area contributed by atoms with Gasteiger partial charge in [0.05, 0.1) is 19.8 Å². The summed E-state index contributed by atoms with van der Waals surface area (Å²) in [4.78, 5) is 12.8. The summed E-state index contributed by atoms with van der Waals surface area (Å²) in [6.45, 7) is 4.26. The van der Waals surface area contributed by atoms with E-state index in [1.54, 1.807) is 0 Å². The molecule has 1 fully saturated rings. The highest BCUT2D eigenvalue weighted by atomic mass is 16.7. The van der Waals surface area contributed by atoms with Crippen molar-refractivity contribution in [3.63, 3.8) is 0 Å². The van der Waals surface area contributed by atoms with Crippen molar-refractivity contribution in [3.05, 3.63) is 109 Å². The second-order valence-electron chi connectivity index (χ2n) is 16.5. The van der Waals surface area contributed by atoms with E-state index >= 15 is 0 Å². The first-order chi connectivity index (χ1) is 31.4. The smallest absolute Gasteiger partial charge is 0.306 e. The number of aliphatic hydroxyl groups excluding tert-OH is 4. The zero-order valence-corrected chi connectivity index (χ0v) is 40.0. The lowest BCUT2D eigenvalue weighted by molar-refractivity contribution is -0.305. The van der Waals surface area contributed by atoms with Gasteiger partial charge < -0.3 is 39.4 Å². The average molecular weight is 895 g/mol. The van der Waals surface area contributed by atoms with Crippen molar-refractivity contribution in [2.24, 2.45) is 0 Å². The molecule has 0 radical (unpaired) electrons. The molecule has 1 saturated heterocycles. The topological polar surface area (TPSA) is 135 Å². The summed E-state index contributed by atoms with van der Waals surface area (Å²) in [6, 6.07) is 0. The number of hydrogen-bond acceptors (Lipinski definition) is 9. The van der Waals surface area contributed by atoms with Gasteiger partial charge in [-0.25, -0.2) is 0 Å². The fourth-order valence-electron chi connectivity index (χ4n) is 6.86. The van der Waals surface area contributed by atoms with E-state index in [4.69, 9.17) is 18.9 Å². The van der Waals surface area contributed by atoms with Crippen LogP contribution in [0, 0.1) is 0 Å². The van der Waals surface area contributed by atoms with E-state index in [1.807, 2.05) is 0 Å². The van der Waals surface area contributed by atoms with Crippen LogP contribution in [0.1, 0.15) is 168 Å². The summed E-state index contributed by atoms with van der Waals surface area (Å²) >= 11 is 0. The molecule has 6 atom stereocenters. The van der Waals surface area contributed by atoms with E-state index in [1.165, 1.54) is 32.1 Å². The normalized spacial score (nSPS) is 20.5. The second kappa shape index (κ2) is 45.0. The fourth-order valence-corrected chi connectivity index (χ4v) is 6.86. The van der Waals surface area contributed by atoms with Crippen LogP contribution in [-0.2, 0) is 23.7 Å². The maximum absolute atomic E-state index is 12.8. The summed E-state index contributed by atoms with van der Waals surface area (Å²) in [6.07, 6.45) is 56.8. The van der Waals surface area contributed by atoms with Crippen molar-refractivity contribution in [2.75, 3.05) is 26.4 Å². The lowest BCUT2D eigenvalue weighted by atomic mass is 9.99. The van der Waals surface area contributed by atoms with Crippen molar-refractivity contribution in [3.8, 4) is 0 Å². The highest BCUT2D eigenvalue weighted by molar-refractivity contribution is 5.69. The number of carbonyl (C=O) groups excluding carboxylic acids is 1. The number of carbonyl (C=O) groups is 1. The number of ether oxygens (including phenoxy) is 4. The monoisotopic (exact) mass is 895 g/mol. The molecule has 364 valence electrons. The minimum atomic E-state index is -1.55. The second-order valence-corrected chi connectivity index (χ2v) is 16.5. The molecule has 0 spiro atoms. The van der Waals surface area contributed by atoms with Crippen LogP contribution in [0.15, 0.2) is 109 Å². The van der Waals surface area contributed by atoms with Gasteiger partial charge in [0.15, 0.2) is 6.29 Å². The van der Waals surface area contributed by atoms with E-state index in [2.05, 4.69) is 123 Å². The molecule has 1 rings (SSSR count). The molecule has 9 nitrogen and oxygen atoms in total. The Hall–Kier alpha value is -3.15. The first-order valence-electron chi connectivity index (χ1n) is 25.0. The quantitative estimate of drug-likeness (QED) is 0.0269. The van der Waals surface area contributed by atoms with E-state index in [-0.39, 0.29) is 19.2 Å². The van der Waals surface area contributed by atoms with Crippen molar-refractivity contribution < 1.29 is 44.2 Å². The molecule has 6 unspecified atom stereocenters. The highest BCUT2D eigenvalue weighted by Crippen LogP contribution is 2.22. The Morgan fingerprint density at radius 2 is 0.906 bits per heavy atom. The van der Waals surface area contributed by atoms with Crippen molar-refractivity contribution >= 4 is 5.97 Å². The SMILES string of the molecule is CC/C=C\C/C=C\C/C=C\C/C=C\C/C=C\CCCCCCCCOCC(COC1OC(CO)C(O)C(O)C1O)OC(=O)CCCCCCCC/C=C\C/C=C\C/C=C\C/C=C\CC. The summed E-state index contributed by atoms with van der Waals surface area (Å²) < 4.78 is 22.9. The van der Waals surface area contributed by atoms with Crippen LogP contribution in [0.3, 0.4) is 0 Å². The Kier molecular flexibility index (Phi) is 41.4. The Labute approximate surface area is 389 Å². The molecule has 0 bridgehead atoms. The number of hydrogen-bond donors (Lipinski definition) is 4. The van der Waals surface area contributed by atoms with E-state index in [0.29, 0.717) is 13.0 Å². The molecule has 1 heterocycles. The third kappa shape index (κ3) is 35.2. The van der Waals surface area contributed by atoms with Crippen LogP contribution in [0.4, 0.5) is 0 Å². The van der Waals surface area contributed by atoms with Gasteiger partial charge >= 0.3 is 5.97 Å². The first-order valence-corrected chi connectivity index (χ1v) is 25.0. The largest absolute Gasteiger partial charge is 0.457 e. The van der Waals surface area contributed by atoms with Crippen LogP contribution in [0.5, 0.6) is 0 Å². The van der Waals surface area contributed by atoms with Gasteiger partial charge in [-0.1, -0.05) is 175 Å². The molecule has 0 aromatic heterocycles. The number of rotatable bonds is 41. The standard InChI is InChI=1S/C55H90O9/c1-3-5-7-9-11-13-15-17-19-21-23-24-25-27-29-31-33-35-37-39-41-43-45-61-47-49(48-62-55-54(60)53(59)52(58)50(46-56)64-55)63-51(57)44-42-40-38-36-34-32-30-28-26-22-20-18-16-14-12-10-8-6-4-2/h5-8,11-14,17-20,23-24,26-29,49-50,52-56,58-60H,3-4,9-10,15-16,21-22,25,30-48H2,1-2H3/b7-5-,8-6-,13-11-,14-12-,19-17-,20-18-,24-23-,28-26-,29-27-. The van der Waals surface area contributed by atoms with E-state index in [9.17, 15) is 25.2 Å². The van der Waals surface area contributed by atoms with Crippen molar-refractivity contribution in [2.45, 2.75) is 205 Å². The Morgan fingerprint density at radius 1 is 0.500 bits per heavy atom. The first kappa shape index (κ1) is 58.9. The fraction of sp³-hybridized carbons (Fsp3) is 0.655. The Balaban J connectivity index is 2.26. The number of aliphatic hydroxyl groups is 4. The predicted molar refractivity (Wildman–Crippen MR) is 265 cm³/mol. The maximum atomic E-state index is 12.8. The van der Waals surface area contributed by atoms with Crippen LogP contribution in [0.2, 0.25) is 0 Å². The van der Waals surface area contributed by atoms with E-state index < -0.39 is 43.4 Å². The molecule has 0 aromatic rings. The molecule has 1 aliphatic rings. The zero-order chi connectivity index (χ0) is 46.4. The third-order valence-corrected chi connectivity index (χ3v) is 10.7. The predicted octanol–water partition coefficient (Wildman–Crippen LogP) is 12.1. The Morgan fingerprint density at radius 3 is 1.36 bits per heavy atom. The van der Waals surface area contributed by atoms with Crippen LogP contribution >= 0.6 is 0 Å². The minimum absolute atomic E-state index is 0.121. The maximum Gasteiger partial charge on any atom is 0.306 e. The number of allylic oxidation sites excluding steroid dienone is 18. The lowest BCUT2D eigenvalue weighted by Crippen LogP contribution is -2.59. The Bertz CT molecular complexity index is 1340. The third-order valence-electron chi connectivity index (χ3n) is 10.7. The minimum Gasteiger partial charge on any atom is -0.457 e. The van der Waals surface area contributed by atoms with Crippen molar-refractivity contribution in [1.82, 2.24) is 0 Å². The summed E-state index contributed by atoms with van der Waals surface area (Å²) in [5, 5.41) is 40.2. The molecular weight excluding hydrogens is 805 g/mol. The van der Waals surface area contributed by atoms with Gasteiger partial charge in [0.25, 0.3) is 0 Å². The summed E-state index contributed by atoms with van der Waals surface area (Å²) in [5.74, 6) is -0.338. The zero-order valence-electron chi connectivity index (χ0n) is 40.0. The number of esters is 1. The highest BCUT2D eigenvalue weighted by Gasteiger charge is 2.44. The van der Waals surface area contributed by atoms with Gasteiger partial charge in [-0.15, -0.1) is 0 Å². The van der Waals surface area contributed by atoms with Gasteiger partial charge in [0.2, 0.25) is 0 Å². The van der Waals surface area contributed by atoms with Crippen LogP contribution in [-0.4, -0.2) is 89.6 Å². The molecule has 0 aromatic carbocycles. The van der Waals surface area contributed by atoms with E-state index in [0.717, 1.165) is 116 Å². The molecular formula is C55H90O9. The molecule has 1 aliphatic heterocycles. The van der Waals surface area contributed by atoms with Gasteiger partial charge in [-0.3, -0.25) is 4.79 Å². The summed E-state index contributed by atoms with van der Waals surface area (Å²) in [7, 11) is 0. The molecule has 4 N–H and O–H groups in total.